The molecule has 1 heterocycles. The molecule has 0 atom stereocenters. The van der Waals surface area contributed by atoms with Crippen molar-refractivity contribution < 1.29 is 22.7 Å². The first-order chi connectivity index (χ1) is 12.7. The Balaban J connectivity index is 1.78. The maximum absolute atomic E-state index is 12.1. The van der Waals surface area contributed by atoms with Crippen LogP contribution in [0.2, 0.25) is 0 Å². The third-order valence-electron chi connectivity index (χ3n) is 3.16. The van der Waals surface area contributed by atoms with Gasteiger partial charge in [0.1, 0.15) is 11.6 Å². The second-order valence-electron chi connectivity index (χ2n) is 5.48. The first kappa shape index (κ1) is 20.0. The number of pyridine rings is 1. The summed E-state index contributed by atoms with van der Waals surface area (Å²) in [6.07, 6.45) is -3.01. The van der Waals surface area contributed by atoms with E-state index in [1.165, 1.54) is 12.1 Å². The zero-order valence-corrected chi connectivity index (χ0v) is 14.4. The molecule has 1 aromatic heterocycles. The number of rotatable bonds is 6. The molecule has 0 bridgehead atoms. The van der Waals surface area contributed by atoms with Crippen LogP contribution in [0.4, 0.5) is 24.7 Å². The normalized spacial score (nSPS) is 11.8. The van der Waals surface area contributed by atoms with E-state index < -0.39 is 6.36 Å². The number of aryl methyl sites for hydroxylation is 1. The van der Waals surface area contributed by atoms with Crippen molar-refractivity contribution >= 4 is 23.4 Å². The minimum absolute atomic E-state index is 0.0285. The highest BCUT2D eigenvalue weighted by Gasteiger charge is 2.30. The Labute approximate surface area is 153 Å². The number of hydrogen-bond donors (Lipinski definition) is 3. The highest BCUT2D eigenvalue weighted by Crippen LogP contribution is 2.23. The molecule has 4 N–H and O–H groups in total. The lowest BCUT2D eigenvalue weighted by Crippen LogP contribution is -2.23. The number of nitrogens with one attached hydrogen (secondary N) is 2. The Morgan fingerprint density at radius 2 is 1.89 bits per heavy atom. The number of carbonyl (C=O) groups is 1. The van der Waals surface area contributed by atoms with E-state index >= 15 is 0 Å². The predicted molar refractivity (Wildman–Crippen MR) is 95.5 cm³/mol. The summed E-state index contributed by atoms with van der Waals surface area (Å²) in [5.41, 5.74) is 7.10. The number of halogens is 3. The van der Waals surface area contributed by atoms with Gasteiger partial charge < -0.3 is 21.1 Å². The Morgan fingerprint density at radius 3 is 2.48 bits per heavy atom. The molecule has 0 fully saturated rings. The van der Waals surface area contributed by atoms with Gasteiger partial charge in [-0.05, 0) is 42.8 Å². The van der Waals surface area contributed by atoms with Crippen molar-refractivity contribution in [2.24, 2.45) is 10.7 Å². The third kappa shape index (κ3) is 7.63. The molecule has 0 aliphatic carbocycles. The first-order valence-corrected chi connectivity index (χ1v) is 7.86. The summed E-state index contributed by atoms with van der Waals surface area (Å²) < 4.78 is 40.1. The molecular weight excluding hydrogens is 363 g/mol. The minimum Gasteiger partial charge on any atom is -0.406 e. The molecule has 0 radical (unpaired) electrons. The number of guanidine groups is 1. The molecule has 2 rings (SSSR count). The minimum atomic E-state index is -4.75. The van der Waals surface area contributed by atoms with Crippen molar-refractivity contribution in [1.29, 1.82) is 0 Å². The van der Waals surface area contributed by atoms with Crippen molar-refractivity contribution in [3.8, 4) is 5.75 Å². The number of benzene rings is 1. The average molecular weight is 381 g/mol. The number of anilines is 2. The monoisotopic (exact) mass is 381 g/mol. The average Bonchev–Trinajstić information content (AvgIpc) is 2.57. The second-order valence-corrected chi connectivity index (χ2v) is 5.48. The largest absolute Gasteiger partial charge is 0.573 e. The number of nitrogens with two attached hydrogens (primary N) is 1. The number of alkyl halides is 3. The van der Waals surface area contributed by atoms with E-state index in [4.69, 9.17) is 5.73 Å². The van der Waals surface area contributed by atoms with Crippen LogP contribution in [0.25, 0.3) is 0 Å². The topological polar surface area (TPSA) is 102 Å². The highest BCUT2D eigenvalue weighted by atomic mass is 19.4. The Morgan fingerprint density at radius 1 is 1.19 bits per heavy atom. The molecule has 7 nitrogen and oxygen atoms in total. The van der Waals surface area contributed by atoms with Crippen LogP contribution in [-0.2, 0) is 4.79 Å². The molecule has 0 aliphatic heterocycles. The summed E-state index contributed by atoms with van der Waals surface area (Å²) in [4.78, 5) is 19.9. The van der Waals surface area contributed by atoms with Crippen LogP contribution >= 0.6 is 0 Å². The summed E-state index contributed by atoms with van der Waals surface area (Å²) in [6.45, 7) is 2.02. The number of ether oxygens (including phenoxy) is 1. The third-order valence-corrected chi connectivity index (χ3v) is 3.16. The first-order valence-electron chi connectivity index (χ1n) is 7.86. The van der Waals surface area contributed by atoms with Gasteiger partial charge in [-0.15, -0.1) is 13.2 Å². The van der Waals surface area contributed by atoms with Crippen LogP contribution in [0, 0.1) is 6.92 Å². The molecule has 27 heavy (non-hydrogen) atoms. The standard InChI is InChI=1S/C17H18F3N5O2/c1-11-2-7-14(23-10-11)25-15(26)8-9-22-16(21)24-12-3-5-13(6-4-12)27-17(18,19)20/h2-7,10H,8-9H2,1H3,(H3,21,22,24)(H,23,25,26). The molecular formula is C17H18F3N5O2. The lowest BCUT2D eigenvalue weighted by Gasteiger charge is -2.10. The fourth-order valence-corrected chi connectivity index (χ4v) is 1.95. The van der Waals surface area contributed by atoms with Crippen LogP contribution in [0.3, 0.4) is 0 Å². The summed E-state index contributed by atoms with van der Waals surface area (Å²) in [5.74, 6) is -0.135. The fraction of sp³-hybridized carbons (Fsp3) is 0.235. The molecule has 144 valence electrons. The van der Waals surface area contributed by atoms with E-state index in [1.807, 2.05) is 13.0 Å². The summed E-state index contributed by atoms with van der Waals surface area (Å²) >= 11 is 0. The van der Waals surface area contributed by atoms with Crippen LogP contribution < -0.4 is 21.1 Å². The number of nitrogens with zero attached hydrogens (tertiary/aromatic N) is 2. The zero-order valence-electron chi connectivity index (χ0n) is 14.4. The van der Waals surface area contributed by atoms with Gasteiger partial charge in [0, 0.05) is 18.3 Å². The lowest BCUT2D eigenvalue weighted by atomic mass is 10.3. The van der Waals surface area contributed by atoms with Crippen LogP contribution in [0.5, 0.6) is 5.75 Å². The molecule has 1 amide bonds. The van der Waals surface area contributed by atoms with Gasteiger partial charge in [-0.25, -0.2) is 4.98 Å². The van der Waals surface area contributed by atoms with Crippen LogP contribution in [-0.4, -0.2) is 29.8 Å². The second kappa shape index (κ2) is 8.88. The van der Waals surface area contributed by atoms with Gasteiger partial charge in [-0.1, -0.05) is 6.07 Å². The van der Waals surface area contributed by atoms with E-state index in [2.05, 4.69) is 25.3 Å². The van der Waals surface area contributed by atoms with Gasteiger partial charge >= 0.3 is 6.36 Å². The van der Waals surface area contributed by atoms with E-state index in [1.54, 1.807) is 12.3 Å². The number of amides is 1. The quantitative estimate of drug-likeness (QED) is 0.527. The van der Waals surface area contributed by atoms with Crippen LogP contribution in [0.1, 0.15) is 12.0 Å². The van der Waals surface area contributed by atoms with Gasteiger partial charge in [-0.3, -0.25) is 9.79 Å². The molecule has 0 saturated carbocycles. The molecule has 10 heteroatoms. The van der Waals surface area contributed by atoms with E-state index in [9.17, 15) is 18.0 Å². The van der Waals surface area contributed by atoms with Gasteiger partial charge in [-0.2, -0.15) is 0 Å². The Bertz CT molecular complexity index is 790. The highest BCUT2D eigenvalue weighted by molar-refractivity contribution is 5.93. The van der Waals surface area contributed by atoms with E-state index in [0.717, 1.165) is 17.7 Å². The smallest absolute Gasteiger partial charge is 0.406 e. The van der Waals surface area contributed by atoms with Gasteiger partial charge in [0.05, 0.1) is 6.54 Å². The number of hydrogen-bond acceptors (Lipinski definition) is 4. The Hall–Kier alpha value is -3.30. The molecule has 0 spiro atoms. The summed E-state index contributed by atoms with van der Waals surface area (Å²) in [7, 11) is 0. The number of aliphatic imine (C=N–C) groups is 1. The maximum atomic E-state index is 12.1. The molecule has 0 aliphatic rings. The van der Waals surface area contributed by atoms with Crippen LogP contribution in [0.15, 0.2) is 47.6 Å². The molecule has 1 aromatic carbocycles. The number of carbonyl (C=O) groups excluding carboxylic acids is 1. The number of aromatic nitrogens is 1. The SMILES string of the molecule is Cc1ccc(NC(=O)CCN=C(N)Nc2ccc(OC(F)(F)F)cc2)nc1. The maximum Gasteiger partial charge on any atom is 0.573 e. The zero-order chi connectivity index (χ0) is 19.9. The summed E-state index contributed by atoms with van der Waals surface area (Å²) in [6, 6.07) is 8.53. The lowest BCUT2D eigenvalue weighted by molar-refractivity contribution is -0.274. The molecule has 2 aromatic rings. The van der Waals surface area contributed by atoms with Crippen molar-refractivity contribution in [2.45, 2.75) is 19.7 Å². The van der Waals surface area contributed by atoms with Crippen molar-refractivity contribution in [3.63, 3.8) is 0 Å². The molecule has 0 unspecified atom stereocenters. The summed E-state index contributed by atoms with van der Waals surface area (Å²) in [5, 5.41) is 5.34. The van der Waals surface area contributed by atoms with Crippen molar-refractivity contribution in [2.75, 3.05) is 17.2 Å². The molecule has 0 saturated heterocycles. The fourth-order valence-electron chi connectivity index (χ4n) is 1.95. The van der Waals surface area contributed by atoms with E-state index in [-0.39, 0.29) is 30.6 Å². The predicted octanol–water partition coefficient (Wildman–Crippen LogP) is 3.04. The van der Waals surface area contributed by atoms with Gasteiger partial charge in [0.2, 0.25) is 5.91 Å². The van der Waals surface area contributed by atoms with Crippen molar-refractivity contribution in [3.05, 3.63) is 48.2 Å². The van der Waals surface area contributed by atoms with Crippen molar-refractivity contribution in [1.82, 2.24) is 4.98 Å². The van der Waals surface area contributed by atoms with Gasteiger partial charge in [0.25, 0.3) is 0 Å². The Kier molecular flexibility index (Phi) is 6.58. The van der Waals surface area contributed by atoms with Gasteiger partial charge in [0.15, 0.2) is 5.96 Å². The van der Waals surface area contributed by atoms with E-state index in [0.29, 0.717) is 11.5 Å².